The fraction of sp³-hybridized carbons (Fsp3) is 0.348. The first-order valence-electron chi connectivity index (χ1n) is 9.97. The number of amides is 1. The van der Waals surface area contributed by atoms with Gasteiger partial charge < -0.3 is 15.0 Å². The van der Waals surface area contributed by atoms with Gasteiger partial charge in [-0.2, -0.15) is 0 Å². The highest BCUT2D eigenvalue weighted by atomic mass is 16.5. The van der Waals surface area contributed by atoms with Gasteiger partial charge in [0.2, 0.25) is 0 Å². The largest absolute Gasteiger partial charge is 0.375 e. The van der Waals surface area contributed by atoms with Crippen molar-refractivity contribution in [2.24, 2.45) is 0 Å². The molecule has 1 amide bonds. The van der Waals surface area contributed by atoms with Crippen molar-refractivity contribution in [3.63, 3.8) is 0 Å². The maximum Gasteiger partial charge on any atom is 0.253 e. The number of anilines is 1. The summed E-state index contributed by atoms with van der Waals surface area (Å²) in [6.45, 7) is 8.82. The van der Waals surface area contributed by atoms with Crippen molar-refractivity contribution in [3.8, 4) is 0 Å². The SMILES string of the molecule is Cc1ccc2cc(C(=O)NCc3ccc(N4CCO[C@H](C)C4)nc3)c(C)nc2c1. The van der Waals surface area contributed by atoms with E-state index < -0.39 is 0 Å². The molecule has 0 bridgehead atoms. The number of morpholine rings is 1. The fourth-order valence-electron chi connectivity index (χ4n) is 3.62. The molecule has 0 saturated carbocycles. The molecule has 1 atom stereocenters. The second-order valence-corrected chi connectivity index (χ2v) is 7.65. The monoisotopic (exact) mass is 390 g/mol. The second kappa shape index (κ2) is 8.17. The predicted molar refractivity (Wildman–Crippen MR) is 114 cm³/mol. The van der Waals surface area contributed by atoms with E-state index in [0.29, 0.717) is 12.1 Å². The molecule has 1 fully saturated rings. The Morgan fingerprint density at radius 1 is 1.24 bits per heavy atom. The van der Waals surface area contributed by atoms with Crippen molar-refractivity contribution in [3.05, 3.63) is 65.0 Å². The molecule has 1 N–H and O–H groups in total. The van der Waals surface area contributed by atoms with Gasteiger partial charge in [-0.05, 0) is 50.1 Å². The Kier molecular flexibility index (Phi) is 5.45. The summed E-state index contributed by atoms with van der Waals surface area (Å²) >= 11 is 0. The normalized spacial score (nSPS) is 16.8. The minimum Gasteiger partial charge on any atom is -0.375 e. The molecule has 0 radical (unpaired) electrons. The molecule has 0 spiro atoms. The average molecular weight is 390 g/mol. The van der Waals surface area contributed by atoms with Crippen LogP contribution in [0.1, 0.15) is 34.1 Å². The minimum absolute atomic E-state index is 0.122. The molecule has 3 aromatic rings. The van der Waals surface area contributed by atoms with Crippen molar-refractivity contribution in [1.82, 2.24) is 15.3 Å². The highest BCUT2D eigenvalue weighted by Gasteiger charge is 2.18. The van der Waals surface area contributed by atoms with Crippen LogP contribution in [-0.4, -0.2) is 41.7 Å². The van der Waals surface area contributed by atoms with E-state index >= 15 is 0 Å². The molecule has 0 unspecified atom stereocenters. The molecule has 4 rings (SSSR count). The number of aromatic nitrogens is 2. The molecular weight excluding hydrogens is 364 g/mol. The van der Waals surface area contributed by atoms with Crippen molar-refractivity contribution >= 4 is 22.6 Å². The van der Waals surface area contributed by atoms with E-state index in [2.05, 4.69) is 27.1 Å². The Hall–Kier alpha value is -2.99. The van der Waals surface area contributed by atoms with Crippen molar-refractivity contribution in [2.45, 2.75) is 33.4 Å². The zero-order valence-electron chi connectivity index (χ0n) is 17.1. The third kappa shape index (κ3) is 4.38. The van der Waals surface area contributed by atoms with E-state index in [1.165, 1.54) is 0 Å². The Labute approximate surface area is 170 Å². The van der Waals surface area contributed by atoms with Crippen LogP contribution in [0.15, 0.2) is 42.6 Å². The number of pyridine rings is 2. The molecule has 6 nitrogen and oxygen atoms in total. The summed E-state index contributed by atoms with van der Waals surface area (Å²) in [4.78, 5) is 24.1. The van der Waals surface area contributed by atoms with Gasteiger partial charge in [-0.15, -0.1) is 0 Å². The number of hydrogen-bond donors (Lipinski definition) is 1. The quantitative estimate of drug-likeness (QED) is 0.740. The highest BCUT2D eigenvalue weighted by Crippen LogP contribution is 2.19. The van der Waals surface area contributed by atoms with Crippen LogP contribution in [0.25, 0.3) is 10.9 Å². The van der Waals surface area contributed by atoms with Gasteiger partial charge in [0.1, 0.15) is 5.82 Å². The Morgan fingerprint density at radius 3 is 2.86 bits per heavy atom. The Balaban J connectivity index is 1.42. The molecule has 0 aliphatic carbocycles. The number of aryl methyl sites for hydroxylation is 2. The molecule has 1 aliphatic heterocycles. The lowest BCUT2D eigenvalue weighted by atomic mass is 10.1. The molecule has 2 aromatic heterocycles. The van der Waals surface area contributed by atoms with Gasteiger partial charge in [-0.1, -0.05) is 18.2 Å². The number of benzene rings is 1. The number of nitrogens with zero attached hydrogens (tertiary/aromatic N) is 3. The summed E-state index contributed by atoms with van der Waals surface area (Å²) in [5.41, 5.74) is 4.37. The van der Waals surface area contributed by atoms with E-state index in [1.807, 2.05) is 56.4 Å². The first kappa shape index (κ1) is 19.3. The predicted octanol–water partition coefficient (Wildman–Crippen LogP) is 3.40. The molecule has 6 heteroatoms. The zero-order chi connectivity index (χ0) is 20.4. The number of carbonyl (C=O) groups is 1. The summed E-state index contributed by atoms with van der Waals surface area (Å²) in [5, 5.41) is 3.96. The number of fused-ring (bicyclic) bond motifs is 1. The molecule has 1 saturated heterocycles. The van der Waals surface area contributed by atoms with Crippen LogP contribution >= 0.6 is 0 Å². The fourth-order valence-corrected chi connectivity index (χ4v) is 3.62. The average Bonchev–Trinajstić information content (AvgIpc) is 2.72. The van der Waals surface area contributed by atoms with Crippen molar-refractivity contribution in [2.75, 3.05) is 24.6 Å². The van der Waals surface area contributed by atoms with Crippen LogP contribution in [0.2, 0.25) is 0 Å². The summed E-state index contributed by atoms with van der Waals surface area (Å²) in [6, 6.07) is 12.0. The number of hydrogen-bond acceptors (Lipinski definition) is 5. The van der Waals surface area contributed by atoms with Gasteiger partial charge in [0, 0.05) is 31.2 Å². The molecule has 29 heavy (non-hydrogen) atoms. The van der Waals surface area contributed by atoms with Crippen LogP contribution in [0.4, 0.5) is 5.82 Å². The van der Waals surface area contributed by atoms with E-state index in [-0.39, 0.29) is 12.0 Å². The summed E-state index contributed by atoms with van der Waals surface area (Å²) in [5.74, 6) is 0.823. The lowest BCUT2D eigenvalue weighted by Crippen LogP contribution is -2.41. The van der Waals surface area contributed by atoms with Crippen LogP contribution in [-0.2, 0) is 11.3 Å². The van der Waals surface area contributed by atoms with Crippen LogP contribution in [0, 0.1) is 13.8 Å². The van der Waals surface area contributed by atoms with Crippen LogP contribution < -0.4 is 10.2 Å². The summed E-state index contributed by atoms with van der Waals surface area (Å²) in [7, 11) is 0. The zero-order valence-corrected chi connectivity index (χ0v) is 17.1. The Bertz CT molecular complexity index is 1030. The number of carbonyl (C=O) groups excluding carboxylic acids is 1. The third-order valence-electron chi connectivity index (χ3n) is 5.24. The lowest BCUT2D eigenvalue weighted by Gasteiger charge is -2.32. The van der Waals surface area contributed by atoms with Gasteiger partial charge in [-0.25, -0.2) is 4.98 Å². The molecule has 1 aromatic carbocycles. The van der Waals surface area contributed by atoms with Crippen LogP contribution in [0.3, 0.4) is 0 Å². The third-order valence-corrected chi connectivity index (χ3v) is 5.24. The maximum absolute atomic E-state index is 12.7. The van der Waals surface area contributed by atoms with E-state index in [1.54, 1.807) is 0 Å². The maximum atomic E-state index is 12.7. The van der Waals surface area contributed by atoms with Gasteiger partial charge in [0.25, 0.3) is 5.91 Å². The number of rotatable bonds is 4. The van der Waals surface area contributed by atoms with Gasteiger partial charge in [0.05, 0.1) is 29.5 Å². The van der Waals surface area contributed by atoms with E-state index in [9.17, 15) is 4.79 Å². The first-order chi connectivity index (χ1) is 14.0. The summed E-state index contributed by atoms with van der Waals surface area (Å²) in [6.07, 6.45) is 2.04. The second-order valence-electron chi connectivity index (χ2n) is 7.65. The number of nitrogens with one attached hydrogen (secondary N) is 1. The summed E-state index contributed by atoms with van der Waals surface area (Å²) < 4.78 is 5.58. The standard InChI is InChI=1S/C23H26N4O2/c1-15-4-6-19-11-20(17(3)26-21(19)10-15)23(28)25-13-18-5-7-22(24-12-18)27-8-9-29-16(2)14-27/h4-7,10-12,16H,8-9,13-14H2,1-3H3,(H,25,28)/t16-/m1/s1. The van der Waals surface area contributed by atoms with Gasteiger partial charge >= 0.3 is 0 Å². The lowest BCUT2D eigenvalue weighted by molar-refractivity contribution is 0.0529. The minimum atomic E-state index is -0.122. The van der Waals surface area contributed by atoms with E-state index in [0.717, 1.165) is 53.2 Å². The topological polar surface area (TPSA) is 67.4 Å². The Morgan fingerprint density at radius 2 is 2.10 bits per heavy atom. The molecular formula is C23H26N4O2. The number of ether oxygens (including phenoxy) is 1. The highest BCUT2D eigenvalue weighted by molar-refractivity contribution is 5.98. The van der Waals surface area contributed by atoms with Gasteiger partial charge in [-0.3, -0.25) is 9.78 Å². The molecule has 150 valence electrons. The van der Waals surface area contributed by atoms with Gasteiger partial charge in [0.15, 0.2) is 0 Å². The first-order valence-corrected chi connectivity index (χ1v) is 9.97. The molecule has 3 heterocycles. The van der Waals surface area contributed by atoms with Crippen LogP contribution in [0.5, 0.6) is 0 Å². The van der Waals surface area contributed by atoms with E-state index in [4.69, 9.17) is 4.74 Å². The molecule has 1 aliphatic rings. The van der Waals surface area contributed by atoms with Crippen molar-refractivity contribution < 1.29 is 9.53 Å². The smallest absolute Gasteiger partial charge is 0.253 e. The van der Waals surface area contributed by atoms with Crippen molar-refractivity contribution in [1.29, 1.82) is 0 Å².